The predicted octanol–water partition coefficient (Wildman–Crippen LogP) is 2.92. The number of hydrogen-bond donors (Lipinski definition) is 2. The van der Waals surface area contributed by atoms with E-state index in [0.717, 1.165) is 37.5 Å². The van der Waals surface area contributed by atoms with Crippen LogP contribution in [0.2, 0.25) is 5.02 Å². The number of ether oxygens (including phenoxy) is 2. The van der Waals surface area contributed by atoms with Gasteiger partial charge in [-0.15, -0.1) is 11.8 Å². The second-order valence-electron chi connectivity index (χ2n) is 8.25. The number of amides is 2. The van der Waals surface area contributed by atoms with E-state index in [0.29, 0.717) is 12.5 Å². The summed E-state index contributed by atoms with van der Waals surface area (Å²) < 4.78 is 24.5. The Morgan fingerprint density at radius 3 is 2.87 bits per heavy atom. The molecule has 1 saturated heterocycles. The zero-order valence-corrected chi connectivity index (χ0v) is 18.4. The lowest BCUT2D eigenvalue weighted by atomic mass is 9.76. The number of rotatable bonds is 8. The fourth-order valence-corrected chi connectivity index (χ4v) is 6.18. The summed E-state index contributed by atoms with van der Waals surface area (Å²) in [4.78, 5) is 25.1. The first-order valence-corrected chi connectivity index (χ1v) is 11.7. The lowest BCUT2D eigenvalue weighted by Gasteiger charge is -2.40. The molecule has 3 atom stereocenters. The summed E-state index contributed by atoms with van der Waals surface area (Å²) in [7, 11) is 0. The Morgan fingerprint density at radius 2 is 2.13 bits per heavy atom. The highest BCUT2D eigenvalue weighted by atomic mass is 35.5. The molecule has 0 radical (unpaired) electrons. The van der Waals surface area contributed by atoms with Crippen LogP contribution in [-0.2, 0) is 14.3 Å². The number of carbonyl (C=O) groups is 2. The van der Waals surface area contributed by atoms with Crippen molar-refractivity contribution in [3.8, 4) is 5.75 Å². The standard InChI is InChI=1S/C21H26ClFN2O4S/c1-2-28-17-5-6-30-19(17)20(27)25-21-8-12(9-21)16(10-21)24-18(26)11-29-13-3-4-14(22)15(23)7-13/h3-4,7,12,16-17,19H,2,5-6,8-11H2,1H3,(H,24,26)(H,25,27). The van der Waals surface area contributed by atoms with Crippen molar-refractivity contribution >= 4 is 35.2 Å². The van der Waals surface area contributed by atoms with E-state index in [1.165, 1.54) is 12.1 Å². The molecule has 3 unspecified atom stereocenters. The molecule has 5 rings (SSSR count). The van der Waals surface area contributed by atoms with Crippen LogP contribution in [0.3, 0.4) is 0 Å². The fourth-order valence-electron chi connectivity index (χ4n) is 4.80. The molecule has 3 saturated carbocycles. The smallest absolute Gasteiger partial charge is 0.258 e. The first kappa shape index (κ1) is 21.7. The van der Waals surface area contributed by atoms with E-state index in [1.807, 2.05) is 6.92 Å². The summed E-state index contributed by atoms with van der Waals surface area (Å²) in [6, 6.07) is 4.08. The Balaban J connectivity index is 1.24. The minimum atomic E-state index is -0.587. The second kappa shape index (κ2) is 8.93. The van der Waals surface area contributed by atoms with Crippen LogP contribution in [0.4, 0.5) is 4.39 Å². The van der Waals surface area contributed by atoms with Crippen molar-refractivity contribution in [1.29, 1.82) is 0 Å². The van der Waals surface area contributed by atoms with Gasteiger partial charge in [-0.05, 0) is 56.4 Å². The number of thioether (sulfide) groups is 1. The van der Waals surface area contributed by atoms with Gasteiger partial charge in [-0.2, -0.15) is 0 Å². The van der Waals surface area contributed by atoms with Crippen molar-refractivity contribution in [3.63, 3.8) is 0 Å². The number of nitrogens with one attached hydrogen (secondary N) is 2. The highest BCUT2D eigenvalue weighted by Gasteiger charge is 2.57. The zero-order chi connectivity index (χ0) is 21.3. The average Bonchev–Trinajstić information content (AvgIpc) is 3.36. The van der Waals surface area contributed by atoms with E-state index >= 15 is 0 Å². The molecule has 1 aromatic carbocycles. The molecule has 0 spiro atoms. The maximum atomic E-state index is 13.5. The van der Waals surface area contributed by atoms with Crippen molar-refractivity contribution in [3.05, 3.63) is 29.0 Å². The van der Waals surface area contributed by atoms with E-state index < -0.39 is 5.82 Å². The Kier molecular flexibility index (Phi) is 6.46. The summed E-state index contributed by atoms with van der Waals surface area (Å²) in [6.45, 7) is 2.37. The molecule has 4 aliphatic rings. The quantitative estimate of drug-likeness (QED) is 0.629. The molecule has 2 bridgehead atoms. The monoisotopic (exact) mass is 456 g/mol. The first-order valence-electron chi connectivity index (χ1n) is 10.3. The Labute approximate surface area is 184 Å². The van der Waals surface area contributed by atoms with Gasteiger partial charge in [-0.25, -0.2) is 4.39 Å². The number of fused-ring (bicyclic) bond motifs is 1. The molecule has 9 heteroatoms. The maximum Gasteiger partial charge on any atom is 0.258 e. The molecule has 1 heterocycles. The molecule has 2 N–H and O–H groups in total. The molecule has 1 aromatic rings. The van der Waals surface area contributed by atoms with Crippen molar-refractivity contribution in [2.75, 3.05) is 19.0 Å². The van der Waals surface area contributed by atoms with Crippen LogP contribution >= 0.6 is 23.4 Å². The zero-order valence-electron chi connectivity index (χ0n) is 16.8. The van der Waals surface area contributed by atoms with Gasteiger partial charge in [-0.1, -0.05) is 11.6 Å². The van der Waals surface area contributed by atoms with Crippen molar-refractivity contribution < 1.29 is 23.5 Å². The molecule has 4 fully saturated rings. The Bertz CT molecular complexity index is 820. The van der Waals surface area contributed by atoms with Crippen LogP contribution in [0, 0.1) is 11.7 Å². The topological polar surface area (TPSA) is 76.7 Å². The maximum absolute atomic E-state index is 13.5. The summed E-state index contributed by atoms with van der Waals surface area (Å²) in [5, 5.41) is 6.10. The molecule has 1 aliphatic heterocycles. The number of hydrogen-bond acceptors (Lipinski definition) is 5. The summed E-state index contributed by atoms with van der Waals surface area (Å²) in [6.07, 6.45) is 3.37. The predicted molar refractivity (Wildman–Crippen MR) is 113 cm³/mol. The van der Waals surface area contributed by atoms with Gasteiger partial charge in [-0.3, -0.25) is 9.59 Å². The van der Waals surface area contributed by atoms with E-state index in [2.05, 4.69) is 10.6 Å². The van der Waals surface area contributed by atoms with Crippen LogP contribution in [-0.4, -0.2) is 53.7 Å². The van der Waals surface area contributed by atoms with Gasteiger partial charge in [0.05, 0.1) is 11.1 Å². The van der Waals surface area contributed by atoms with Gasteiger partial charge in [0.25, 0.3) is 5.91 Å². The van der Waals surface area contributed by atoms with E-state index in [1.54, 1.807) is 11.8 Å². The molecule has 30 heavy (non-hydrogen) atoms. The van der Waals surface area contributed by atoms with Gasteiger partial charge >= 0.3 is 0 Å². The van der Waals surface area contributed by atoms with Crippen molar-refractivity contribution in [1.82, 2.24) is 10.6 Å². The minimum Gasteiger partial charge on any atom is -0.484 e. The van der Waals surface area contributed by atoms with Gasteiger partial charge in [0, 0.05) is 24.3 Å². The van der Waals surface area contributed by atoms with Gasteiger partial charge in [0.1, 0.15) is 16.8 Å². The normalized spacial score (nSPS) is 31.8. The molecule has 2 amide bonds. The highest BCUT2D eigenvalue weighted by molar-refractivity contribution is 8.00. The number of benzene rings is 1. The minimum absolute atomic E-state index is 0.00783. The third kappa shape index (κ3) is 4.55. The van der Waals surface area contributed by atoms with Crippen molar-refractivity contribution in [2.24, 2.45) is 5.92 Å². The third-order valence-electron chi connectivity index (χ3n) is 6.16. The first-order chi connectivity index (χ1) is 14.4. The average molecular weight is 457 g/mol. The number of halogens is 2. The summed E-state index contributed by atoms with van der Waals surface area (Å²) in [5.74, 6) is 0.761. The summed E-state index contributed by atoms with van der Waals surface area (Å²) in [5.41, 5.74) is -0.222. The Hall–Kier alpha value is -1.51. The van der Waals surface area contributed by atoms with E-state index in [4.69, 9.17) is 21.1 Å². The SMILES string of the molecule is CCOC1CCSC1C(=O)NC12CC(C1)C(NC(=O)COc1ccc(Cl)c(F)c1)C2. The highest BCUT2D eigenvalue weighted by Crippen LogP contribution is 2.52. The molecular weight excluding hydrogens is 431 g/mol. The van der Waals surface area contributed by atoms with Crippen LogP contribution in [0.1, 0.15) is 32.6 Å². The van der Waals surface area contributed by atoms with Gasteiger partial charge in [0.15, 0.2) is 6.61 Å². The molecule has 164 valence electrons. The molecule has 6 nitrogen and oxygen atoms in total. The molecule has 3 aliphatic carbocycles. The van der Waals surface area contributed by atoms with Gasteiger partial charge in [0.2, 0.25) is 5.91 Å². The van der Waals surface area contributed by atoms with Crippen LogP contribution in [0.25, 0.3) is 0 Å². The Morgan fingerprint density at radius 1 is 1.33 bits per heavy atom. The largest absolute Gasteiger partial charge is 0.484 e. The third-order valence-corrected chi connectivity index (χ3v) is 7.81. The fraction of sp³-hybridized carbons (Fsp3) is 0.619. The van der Waals surface area contributed by atoms with Crippen LogP contribution in [0.5, 0.6) is 5.75 Å². The number of carbonyl (C=O) groups excluding carboxylic acids is 2. The van der Waals surface area contributed by atoms with Crippen molar-refractivity contribution in [2.45, 2.75) is 55.5 Å². The lowest BCUT2D eigenvalue weighted by Crippen LogP contribution is -2.55. The van der Waals surface area contributed by atoms with Crippen LogP contribution in [0.15, 0.2) is 18.2 Å². The molecule has 0 aromatic heterocycles. The molecular formula is C21H26ClFN2O4S. The second-order valence-corrected chi connectivity index (χ2v) is 9.91. The summed E-state index contributed by atoms with van der Waals surface area (Å²) >= 11 is 7.30. The lowest BCUT2D eigenvalue weighted by molar-refractivity contribution is -0.126. The van der Waals surface area contributed by atoms with Crippen LogP contribution < -0.4 is 15.4 Å². The van der Waals surface area contributed by atoms with E-state index in [-0.39, 0.29) is 52.1 Å². The van der Waals surface area contributed by atoms with E-state index in [9.17, 15) is 14.0 Å². The van der Waals surface area contributed by atoms with Gasteiger partial charge < -0.3 is 20.1 Å².